The number of benzene rings is 1. The third-order valence-corrected chi connectivity index (χ3v) is 2.39. The molecule has 0 spiro atoms. The van der Waals surface area contributed by atoms with E-state index in [9.17, 15) is 22.0 Å². The predicted molar refractivity (Wildman–Crippen MR) is 62.5 cm³/mol. The second kappa shape index (κ2) is 5.38. The van der Waals surface area contributed by atoms with Crippen molar-refractivity contribution in [3.8, 4) is 5.88 Å². The number of hydrogen-bond acceptors (Lipinski definition) is 5. The quantitative estimate of drug-likeness (QED) is 0.518. The fourth-order valence-electron chi connectivity index (χ4n) is 1.45. The van der Waals surface area contributed by atoms with Crippen molar-refractivity contribution in [2.24, 2.45) is 0 Å². The molecule has 3 N–H and O–H groups in total. The van der Waals surface area contributed by atoms with E-state index >= 15 is 0 Å². The molecule has 1 aromatic heterocycles. The number of anilines is 3. The molecule has 112 valence electrons. The van der Waals surface area contributed by atoms with Gasteiger partial charge in [-0.15, -0.1) is 0 Å². The number of halogens is 5. The molecule has 0 radical (unpaired) electrons. The van der Waals surface area contributed by atoms with Crippen LogP contribution >= 0.6 is 0 Å². The standard InChI is InChI=1S/C11H7F5N4O/c1-21-4-2-3(19-11(17)20-4)18-10-8(15)6(13)5(12)7(14)9(10)16/h2H,1H3,(H3,17,18,19,20). The van der Waals surface area contributed by atoms with Crippen molar-refractivity contribution in [3.63, 3.8) is 0 Å². The first-order valence-corrected chi connectivity index (χ1v) is 5.32. The zero-order valence-electron chi connectivity index (χ0n) is 10.3. The lowest BCUT2D eigenvalue weighted by molar-refractivity contribution is 0.382. The van der Waals surface area contributed by atoms with Crippen molar-refractivity contribution >= 4 is 17.5 Å². The molecule has 1 aromatic carbocycles. The van der Waals surface area contributed by atoms with Crippen molar-refractivity contribution in [2.45, 2.75) is 0 Å². The van der Waals surface area contributed by atoms with Crippen molar-refractivity contribution in [3.05, 3.63) is 35.2 Å². The highest BCUT2D eigenvalue weighted by Gasteiger charge is 2.26. The van der Waals surface area contributed by atoms with Gasteiger partial charge >= 0.3 is 0 Å². The Morgan fingerprint density at radius 2 is 1.48 bits per heavy atom. The van der Waals surface area contributed by atoms with E-state index in [4.69, 9.17) is 10.5 Å². The summed E-state index contributed by atoms with van der Waals surface area (Å²) in [5.74, 6) is -11.1. The van der Waals surface area contributed by atoms with E-state index in [0.29, 0.717) is 0 Å². The van der Waals surface area contributed by atoms with Gasteiger partial charge in [-0.1, -0.05) is 0 Å². The minimum atomic E-state index is -2.25. The molecule has 21 heavy (non-hydrogen) atoms. The average Bonchev–Trinajstić information content (AvgIpc) is 2.47. The van der Waals surface area contributed by atoms with Crippen LogP contribution < -0.4 is 15.8 Å². The maximum absolute atomic E-state index is 13.5. The van der Waals surface area contributed by atoms with Gasteiger partial charge in [-0.2, -0.15) is 9.97 Å². The lowest BCUT2D eigenvalue weighted by Crippen LogP contribution is -2.08. The minimum Gasteiger partial charge on any atom is -0.481 e. The summed E-state index contributed by atoms with van der Waals surface area (Å²) in [5, 5.41) is 1.96. The summed E-state index contributed by atoms with van der Waals surface area (Å²) < 4.78 is 70.7. The predicted octanol–water partition coefficient (Wildman–Crippen LogP) is 2.51. The van der Waals surface area contributed by atoms with Crippen LogP contribution in [0.5, 0.6) is 5.88 Å². The summed E-state index contributed by atoms with van der Waals surface area (Å²) in [4.78, 5) is 7.14. The van der Waals surface area contributed by atoms with Gasteiger partial charge in [0.15, 0.2) is 23.3 Å². The summed E-state index contributed by atoms with van der Waals surface area (Å²) in [6, 6.07) is 1.06. The number of hydrogen-bond donors (Lipinski definition) is 2. The van der Waals surface area contributed by atoms with Gasteiger partial charge in [0.05, 0.1) is 7.11 Å². The Morgan fingerprint density at radius 1 is 0.952 bits per heavy atom. The fraction of sp³-hybridized carbons (Fsp3) is 0.0909. The van der Waals surface area contributed by atoms with Gasteiger partial charge in [-0.25, -0.2) is 22.0 Å². The Labute approximate surface area is 114 Å². The molecule has 5 nitrogen and oxygen atoms in total. The third-order valence-electron chi connectivity index (χ3n) is 2.39. The largest absolute Gasteiger partial charge is 0.481 e. The number of nitrogens with two attached hydrogens (primary N) is 1. The topological polar surface area (TPSA) is 73.1 Å². The molecule has 0 unspecified atom stereocenters. The van der Waals surface area contributed by atoms with Crippen LogP contribution in [0.15, 0.2) is 6.07 Å². The number of rotatable bonds is 3. The van der Waals surface area contributed by atoms with E-state index in [2.05, 4.69) is 9.97 Å². The Kier molecular flexibility index (Phi) is 3.78. The average molecular weight is 306 g/mol. The lowest BCUT2D eigenvalue weighted by Gasteiger charge is -2.11. The molecular weight excluding hydrogens is 299 g/mol. The molecule has 10 heteroatoms. The van der Waals surface area contributed by atoms with Crippen LogP contribution in [0.25, 0.3) is 0 Å². The second-order valence-corrected chi connectivity index (χ2v) is 3.72. The van der Waals surface area contributed by atoms with Gasteiger partial charge in [0, 0.05) is 6.07 Å². The molecule has 0 amide bonds. The Hall–Kier alpha value is -2.65. The summed E-state index contributed by atoms with van der Waals surface area (Å²) >= 11 is 0. The van der Waals surface area contributed by atoms with E-state index < -0.39 is 34.8 Å². The second-order valence-electron chi connectivity index (χ2n) is 3.72. The van der Waals surface area contributed by atoms with Crippen molar-refractivity contribution in [1.82, 2.24) is 9.97 Å². The number of nitrogens with zero attached hydrogens (tertiary/aromatic N) is 2. The molecule has 0 aliphatic heterocycles. The Bertz CT molecular complexity index is 680. The van der Waals surface area contributed by atoms with Crippen molar-refractivity contribution < 1.29 is 26.7 Å². The molecule has 0 aliphatic rings. The van der Waals surface area contributed by atoms with Gasteiger partial charge in [0.1, 0.15) is 11.5 Å². The molecule has 0 saturated carbocycles. The summed E-state index contributed by atoms with van der Waals surface area (Å²) in [6.07, 6.45) is 0. The van der Waals surface area contributed by atoms with E-state index in [1.165, 1.54) is 7.11 Å². The molecule has 0 saturated heterocycles. The molecule has 2 rings (SSSR count). The van der Waals surface area contributed by atoms with Crippen LogP contribution in [-0.2, 0) is 0 Å². The van der Waals surface area contributed by atoms with Crippen LogP contribution in [0, 0.1) is 29.1 Å². The van der Waals surface area contributed by atoms with Crippen LogP contribution in [-0.4, -0.2) is 17.1 Å². The summed E-state index contributed by atoms with van der Waals surface area (Å²) in [7, 11) is 1.24. The van der Waals surface area contributed by atoms with Crippen LogP contribution in [0.4, 0.5) is 39.4 Å². The zero-order chi connectivity index (χ0) is 15.7. The van der Waals surface area contributed by atoms with Gasteiger partial charge in [0.2, 0.25) is 17.6 Å². The van der Waals surface area contributed by atoms with Crippen LogP contribution in [0.2, 0.25) is 0 Å². The first-order chi connectivity index (χ1) is 9.85. The fourth-order valence-corrected chi connectivity index (χ4v) is 1.45. The van der Waals surface area contributed by atoms with E-state index in [1.807, 2.05) is 5.32 Å². The molecule has 0 fully saturated rings. The number of ether oxygens (including phenoxy) is 1. The summed E-state index contributed by atoms with van der Waals surface area (Å²) in [5.41, 5.74) is 4.05. The minimum absolute atomic E-state index is 0.0612. The maximum Gasteiger partial charge on any atom is 0.225 e. The van der Waals surface area contributed by atoms with Gasteiger partial charge in [-0.05, 0) is 0 Å². The van der Waals surface area contributed by atoms with E-state index in [0.717, 1.165) is 6.07 Å². The van der Waals surface area contributed by atoms with Crippen LogP contribution in [0.1, 0.15) is 0 Å². The zero-order valence-corrected chi connectivity index (χ0v) is 10.3. The monoisotopic (exact) mass is 306 g/mol. The molecular formula is C11H7F5N4O. The van der Waals surface area contributed by atoms with Gasteiger partial charge in [-0.3, -0.25) is 0 Å². The van der Waals surface area contributed by atoms with Gasteiger partial charge in [0.25, 0.3) is 0 Å². The molecule has 2 aromatic rings. The van der Waals surface area contributed by atoms with Crippen molar-refractivity contribution in [2.75, 3.05) is 18.2 Å². The van der Waals surface area contributed by atoms with Gasteiger partial charge < -0.3 is 15.8 Å². The Balaban J connectivity index is 2.52. The smallest absolute Gasteiger partial charge is 0.225 e. The SMILES string of the molecule is COc1cc(Nc2c(F)c(F)c(F)c(F)c2F)nc(N)n1. The Morgan fingerprint density at radius 3 is 2.00 bits per heavy atom. The highest BCUT2D eigenvalue weighted by Crippen LogP contribution is 2.29. The number of methoxy groups -OCH3 is 1. The maximum atomic E-state index is 13.5. The number of nitrogens with one attached hydrogen (secondary N) is 1. The highest BCUT2D eigenvalue weighted by atomic mass is 19.2. The third kappa shape index (κ3) is 2.64. The summed E-state index contributed by atoms with van der Waals surface area (Å²) in [6.45, 7) is 0. The van der Waals surface area contributed by atoms with E-state index in [-0.39, 0.29) is 17.6 Å². The molecule has 0 bridgehead atoms. The number of nitrogen functional groups attached to an aromatic ring is 1. The number of aromatic nitrogens is 2. The molecule has 1 heterocycles. The van der Waals surface area contributed by atoms with E-state index in [1.54, 1.807) is 0 Å². The van der Waals surface area contributed by atoms with Crippen molar-refractivity contribution in [1.29, 1.82) is 0 Å². The molecule has 0 aliphatic carbocycles. The molecule has 0 atom stereocenters. The first kappa shape index (κ1) is 14.8. The highest BCUT2D eigenvalue weighted by molar-refractivity contribution is 5.60. The normalized spacial score (nSPS) is 10.6. The lowest BCUT2D eigenvalue weighted by atomic mass is 10.2. The van der Waals surface area contributed by atoms with Crippen LogP contribution in [0.3, 0.4) is 0 Å². The first-order valence-electron chi connectivity index (χ1n) is 5.32.